The van der Waals surface area contributed by atoms with Crippen LogP contribution >= 0.6 is 0 Å². The maximum Gasteiger partial charge on any atom is 0.192 e. The van der Waals surface area contributed by atoms with Crippen LogP contribution in [0.3, 0.4) is 0 Å². The molecule has 1 aliphatic carbocycles. The van der Waals surface area contributed by atoms with Gasteiger partial charge in [0.2, 0.25) is 0 Å². The van der Waals surface area contributed by atoms with Crippen molar-refractivity contribution in [1.29, 1.82) is 0 Å². The lowest BCUT2D eigenvalue weighted by atomic mass is 9.67. The normalized spacial score (nSPS) is 30.4. The lowest BCUT2D eigenvalue weighted by Gasteiger charge is -2.47. The highest BCUT2D eigenvalue weighted by atomic mass is 28.4. The first-order valence-electron chi connectivity index (χ1n) is 9.10. The molecule has 0 saturated heterocycles. The Balaban J connectivity index is 2.91. The minimum absolute atomic E-state index is 0.115. The number of hydrogen-bond acceptors (Lipinski definition) is 2. The molecule has 130 valence electrons. The predicted octanol–water partition coefficient (Wildman–Crippen LogP) is 5.96. The number of rotatable bonds is 6. The summed E-state index contributed by atoms with van der Waals surface area (Å²) in [7, 11) is -1.83. The highest BCUT2D eigenvalue weighted by Gasteiger charge is 2.45. The van der Waals surface area contributed by atoms with E-state index in [1.165, 1.54) is 25.7 Å². The van der Waals surface area contributed by atoms with E-state index in [1.54, 1.807) is 6.92 Å². The van der Waals surface area contributed by atoms with Gasteiger partial charge in [-0.15, -0.1) is 0 Å². The lowest BCUT2D eigenvalue weighted by Crippen LogP contribution is -2.50. The first-order chi connectivity index (χ1) is 9.92. The zero-order valence-corrected chi connectivity index (χ0v) is 17.2. The molecule has 0 heterocycles. The maximum atomic E-state index is 12.1. The summed E-state index contributed by atoms with van der Waals surface area (Å²) in [6, 6.07) is 0. The average Bonchev–Trinajstić information content (AvgIpc) is 2.34. The summed E-state index contributed by atoms with van der Waals surface area (Å²) in [5, 5.41) is 0.200. The Morgan fingerprint density at radius 3 is 2.36 bits per heavy atom. The van der Waals surface area contributed by atoms with Crippen molar-refractivity contribution in [3.63, 3.8) is 0 Å². The molecule has 3 atom stereocenters. The predicted molar refractivity (Wildman–Crippen MR) is 97.7 cm³/mol. The third-order valence-electron chi connectivity index (χ3n) is 6.11. The zero-order valence-electron chi connectivity index (χ0n) is 16.2. The van der Waals surface area contributed by atoms with E-state index in [9.17, 15) is 4.79 Å². The Hall–Kier alpha value is -0.153. The Bertz CT molecular complexity index is 383. The molecule has 1 fully saturated rings. The topological polar surface area (TPSA) is 26.3 Å². The van der Waals surface area contributed by atoms with E-state index < -0.39 is 8.32 Å². The number of carbonyl (C=O) groups excluding carboxylic acids is 1. The quantitative estimate of drug-likeness (QED) is 0.563. The van der Waals surface area contributed by atoms with E-state index in [4.69, 9.17) is 4.43 Å². The van der Waals surface area contributed by atoms with Gasteiger partial charge in [-0.25, -0.2) is 0 Å². The second-order valence-corrected chi connectivity index (χ2v) is 14.0. The monoisotopic (exact) mass is 326 g/mol. The Morgan fingerprint density at radius 2 is 1.91 bits per heavy atom. The standard InChI is InChI=1S/C19H38O2Si/c1-9-10-12-19(6)13-11-16(15(2)20)17(14-19)21-22(7,8)18(3,4)5/h16-17H,9-14H2,1-8H3. The van der Waals surface area contributed by atoms with Crippen LogP contribution in [-0.4, -0.2) is 20.2 Å². The number of carbonyl (C=O) groups is 1. The molecule has 0 spiro atoms. The van der Waals surface area contributed by atoms with Crippen LogP contribution in [0.25, 0.3) is 0 Å². The van der Waals surface area contributed by atoms with Crippen molar-refractivity contribution in [2.24, 2.45) is 11.3 Å². The summed E-state index contributed by atoms with van der Waals surface area (Å²) in [6.45, 7) is 17.9. The number of Topliss-reactive ketones (excluding diaryl/α,β-unsaturated/α-hetero) is 1. The van der Waals surface area contributed by atoms with Gasteiger partial charge in [0.25, 0.3) is 0 Å². The molecule has 0 radical (unpaired) electrons. The largest absolute Gasteiger partial charge is 0.413 e. The fraction of sp³-hybridized carbons (Fsp3) is 0.947. The second-order valence-electron chi connectivity index (χ2n) is 9.29. The van der Waals surface area contributed by atoms with Gasteiger partial charge in [-0.05, 0) is 56.2 Å². The number of unbranched alkanes of at least 4 members (excludes halogenated alkanes) is 1. The van der Waals surface area contributed by atoms with E-state index in [0.717, 1.165) is 12.8 Å². The summed E-state index contributed by atoms with van der Waals surface area (Å²) in [6.07, 6.45) is 7.18. The van der Waals surface area contributed by atoms with Gasteiger partial charge in [0.15, 0.2) is 8.32 Å². The smallest absolute Gasteiger partial charge is 0.192 e. The highest BCUT2D eigenvalue weighted by Crippen LogP contribution is 2.47. The van der Waals surface area contributed by atoms with E-state index in [2.05, 4.69) is 47.7 Å². The Kier molecular flexibility index (Phi) is 6.48. The zero-order chi connectivity index (χ0) is 17.2. The molecule has 0 aromatic heterocycles. The number of ketones is 1. The summed E-state index contributed by atoms with van der Waals surface area (Å²) < 4.78 is 6.71. The molecule has 0 bridgehead atoms. The molecular formula is C19H38O2Si. The highest BCUT2D eigenvalue weighted by molar-refractivity contribution is 6.74. The fourth-order valence-corrected chi connectivity index (χ4v) is 4.75. The van der Waals surface area contributed by atoms with Crippen molar-refractivity contribution in [3.05, 3.63) is 0 Å². The molecule has 22 heavy (non-hydrogen) atoms. The van der Waals surface area contributed by atoms with Gasteiger partial charge in [-0.3, -0.25) is 4.79 Å². The van der Waals surface area contributed by atoms with Crippen LogP contribution in [0.4, 0.5) is 0 Å². The van der Waals surface area contributed by atoms with Crippen molar-refractivity contribution in [3.8, 4) is 0 Å². The molecule has 0 aliphatic heterocycles. The van der Waals surface area contributed by atoms with Crippen LogP contribution in [0.15, 0.2) is 0 Å². The average molecular weight is 327 g/mol. The molecular weight excluding hydrogens is 288 g/mol. The molecule has 0 aromatic rings. The summed E-state index contributed by atoms with van der Waals surface area (Å²) in [4.78, 5) is 12.1. The van der Waals surface area contributed by atoms with Crippen molar-refractivity contribution < 1.29 is 9.22 Å². The van der Waals surface area contributed by atoms with Crippen LogP contribution in [0, 0.1) is 11.3 Å². The van der Waals surface area contributed by atoms with E-state index in [-0.39, 0.29) is 17.1 Å². The van der Waals surface area contributed by atoms with Crippen molar-refractivity contribution >= 4 is 14.1 Å². The molecule has 1 saturated carbocycles. The summed E-state index contributed by atoms with van der Waals surface area (Å²) in [5.74, 6) is 0.435. The van der Waals surface area contributed by atoms with Crippen LogP contribution < -0.4 is 0 Å². The number of hydrogen-bond donors (Lipinski definition) is 0. The molecule has 1 rings (SSSR count). The third-order valence-corrected chi connectivity index (χ3v) is 10.6. The van der Waals surface area contributed by atoms with Crippen molar-refractivity contribution in [1.82, 2.24) is 0 Å². The summed E-state index contributed by atoms with van der Waals surface area (Å²) in [5.41, 5.74) is 0.356. The van der Waals surface area contributed by atoms with E-state index in [1.807, 2.05) is 0 Å². The van der Waals surface area contributed by atoms with Gasteiger partial charge >= 0.3 is 0 Å². The van der Waals surface area contributed by atoms with Gasteiger partial charge < -0.3 is 4.43 Å². The van der Waals surface area contributed by atoms with Crippen LogP contribution in [-0.2, 0) is 9.22 Å². The van der Waals surface area contributed by atoms with Crippen LogP contribution in [0.5, 0.6) is 0 Å². The molecule has 1 aliphatic rings. The van der Waals surface area contributed by atoms with Gasteiger partial charge in [-0.1, -0.05) is 47.5 Å². The lowest BCUT2D eigenvalue weighted by molar-refractivity contribution is -0.127. The molecule has 3 unspecified atom stereocenters. The third kappa shape index (κ3) is 4.92. The first kappa shape index (κ1) is 19.9. The molecule has 0 amide bonds. The van der Waals surface area contributed by atoms with Crippen molar-refractivity contribution in [2.45, 2.75) is 104 Å². The van der Waals surface area contributed by atoms with Crippen LogP contribution in [0.2, 0.25) is 18.1 Å². The summed E-state index contributed by atoms with van der Waals surface area (Å²) >= 11 is 0. The Morgan fingerprint density at radius 1 is 1.32 bits per heavy atom. The van der Waals surface area contributed by atoms with Gasteiger partial charge in [0, 0.05) is 5.92 Å². The SMILES string of the molecule is CCCCC1(C)CCC(C(C)=O)C(O[Si](C)(C)C(C)(C)C)C1. The van der Waals surface area contributed by atoms with Crippen molar-refractivity contribution in [2.75, 3.05) is 0 Å². The molecule has 0 aromatic carbocycles. The van der Waals surface area contributed by atoms with Gasteiger partial charge in [-0.2, -0.15) is 0 Å². The van der Waals surface area contributed by atoms with E-state index in [0.29, 0.717) is 11.2 Å². The molecule has 0 N–H and O–H groups in total. The van der Waals surface area contributed by atoms with E-state index >= 15 is 0 Å². The maximum absolute atomic E-state index is 12.1. The molecule has 3 heteroatoms. The fourth-order valence-electron chi connectivity index (χ4n) is 3.39. The van der Waals surface area contributed by atoms with Gasteiger partial charge in [0.05, 0.1) is 6.10 Å². The minimum Gasteiger partial charge on any atom is -0.413 e. The second kappa shape index (κ2) is 7.17. The van der Waals surface area contributed by atoms with Gasteiger partial charge in [0.1, 0.15) is 5.78 Å². The minimum atomic E-state index is -1.83. The first-order valence-corrected chi connectivity index (χ1v) is 12.0. The Labute approximate surface area is 139 Å². The molecule has 2 nitrogen and oxygen atoms in total. The van der Waals surface area contributed by atoms with Crippen LogP contribution in [0.1, 0.15) is 80.1 Å².